The molecule has 3 nitrogen and oxygen atoms in total. The summed E-state index contributed by atoms with van der Waals surface area (Å²) in [6.07, 6.45) is 0. The largest absolute Gasteiger partial charge is 0.452 e. The van der Waals surface area contributed by atoms with Crippen molar-refractivity contribution in [2.24, 2.45) is 0 Å². The molecular formula is C21H15IN2O. The Morgan fingerprint density at radius 2 is 1.64 bits per heavy atom. The second-order valence-corrected chi connectivity index (χ2v) is 7.09. The van der Waals surface area contributed by atoms with Crippen LogP contribution in [0.25, 0.3) is 21.9 Å². The number of fused-ring (bicyclic) bond motifs is 3. The molecule has 0 fully saturated rings. The van der Waals surface area contributed by atoms with Crippen LogP contribution < -0.4 is 3.11 Å². The zero-order chi connectivity index (χ0) is 17.6. The van der Waals surface area contributed by atoms with E-state index in [9.17, 15) is 5.26 Å². The minimum absolute atomic E-state index is 0.561. The number of rotatable bonds is 2. The minimum atomic E-state index is 0.561. The lowest BCUT2D eigenvalue weighted by molar-refractivity contribution is 0.668. The van der Waals surface area contributed by atoms with E-state index in [1.54, 1.807) is 6.07 Å². The van der Waals surface area contributed by atoms with Gasteiger partial charge in [-0.2, -0.15) is 5.26 Å². The van der Waals surface area contributed by atoms with E-state index in [2.05, 4.69) is 64.1 Å². The van der Waals surface area contributed by atoms with Crippen LogP contribution in [0.15, 0.2) is 59.0 Å². The topological polar surface area (TPSA) is 40.2 Å². The third-order valence-electron chi connectivity index (χ3n) is 4.40. The predicted octanol–water partition coefficient (Wildman–Crippen LogP) is 6.56. The molecule has 0 atom stereocenters. The molecule has 4 heteroatoms. The molecule has 0 aliphatic carbocycles. The van der Waals surface area contributed by atoms with E-state index in [4.69, 9.17) is 4.42 Å². The molecule has 0 radical (unpaired) electrons. The number of nitrogens with zero attached hydrogens (tertiary/aromatic N) is 2. The van der Waals surface area contributed by atoms with Crippen molar-refractivity contribution in [1.82, 2.24) is 0 Å². The van der Waals surface area contributed by atoms with Crippen LogP contribution in [0.5, 0.6) is 0 Å². The van der Waals surface area contributed by atoms with Crippen LogP contribution in [0.2, 0.25) is 0 Å². The van der Waals surface area contributed by atoms with Gasteiger partial charge in [0.25, 0.3) is 0 Å². The molecule has 25 heavy (non-hydrogen) atoms. The quantitative estimate of drug-likeness (QED) is 0.263. The second-order valence-electron chi connectivity index (χ2n) is 6.12. The van der Waals surface area contributed by atoms with Crippen LogP contribution in [0.4, 0.5) is 11.4 Å². The standard InChI is InChI=1S/C21H15IN2O/c1-13-9-10-18(14(2)11-13)24(22)19-8-4-7-17-16-6-3-5-15(12-23)20(16)25-21(17)19/h3-11H,1-2H3. The summed E-state index contributed by atoms with van der Waals surface area (Å²) >= 11 is 2.31. The van der Waals surface area contributed by atoms with E-state index >= 15 is 0 Å². The molecule has 0 N–H and O–H groups in total. The molecule has 0 saturated heterocycles. The first-order valence-electron chi connectivity index (χ1n) is 7.97. The van der Waals surface area contributed by atoms with Crippen LogP contribution in [0.3, 0.4) is 0 Å². The number of aryl methyl sites for hydroxylation is 2. The first-order valence-corrected chi connectivity index (χ1v) is 8.94. The van der Waals surface area contributed by atoms with Crippen molar-refractivity contribution in [1.29, 1.82) is 5.26 Å². The summed E-state index contributed by atoms with van der Waals surface area (Å²) in [6, 6.07) is 20.4. The van der Waals surface area contributed by atoms with Gasteiger partial charge in [-0.3, -0.25) is 3.11 Å². The van der Waals surface area contributed by atoms with Gasteiger partial charge in [0.1, 0.15) is 6.07 Å². The van der Waals surface area contributed by atoms with Crippen molar-refractivity contribution in [3.05, 3.63) is 71.3 Å². The summed E-state index contributed by atoms with van der Waals surface area (Å²) in [4.78, 5) is 0. The Morgan fingerprint density at radius 3 is 2.36 bits per heavy atom. The Morgan fingerprint density at radius 1 is 0.920 bits per heavy atom. The summed E-state index contributed by atoms with van der Waals surface area (Å²) < 4.78 is 8.26. The smallest absolute Gasteiger partial charge is 0.159 e. The first-order chi connectivity index (χ1) is 12.1. The highest BCUT2D eigenvalue weighted by atomic mass is 127. The number of hydrogen-bond acceptors (Lipinski definition) is 3. The third kappa shape index (κ3) is 2.56. The Bertz CT molecular complexity index is 1150. The van der Waals surface area contributed by atoms with E-state index in [-0.39, 0.29) is 0 Å². The summed E-state index contributed by atoms with van der Waals surface area (Å²) in [6.45, 7) is 4.21. The van der Waals surface area contributed by atoms with Crippen molar-refractivity contribution < 1.29 is 4.42 Å². The average Bonchev–Trinajstić information content (AvgIpc) is 3.00. The fraction of sp³-hybridized carbons (Fsp3) is 0.0952. The number of benzene rings is 3. The Balaban J connectivity index is 1.98. The molecule has 0 amide bonds. The molecular weight excluding hydrogens is 423 g/mol. The maximum Gasteiger partial charge on any atom is 0.159 e. The fourth-order valence-electron chi connectivity index (χ4n) is 3.20. The number of furan rings is 1. The molecule has 0 aliphatic heterocycles. The van der Waals surface area contributed by atoms with Crippen LogP contribution >= 0.6 is 22.9 Å². The predicted molar refractivity (Wildman–Crippen MR) is 111 cm³/mol. The number of nitriles is 1. The van der Waals surface area contributed by atoms with Crippen molar-refractivity contribution in [2.75, 3.05) is 3.11 Å². The minimum Gasteiger partial charge on any atom is -0.452 e. The summed E-state index contributed by atoms with van der Waals surface area (Å²) in [5, 5.41) is 11.4. The molecule has 3 aromatic carbocycles. The van der Waals surface area contributed by atoms with Crippen molar-refractivity contribution >= 4 is 56.2 Å². The third-order valence-corrected chi connectivity index (χ3v) is 5.44. The van der Waals surface area contributed by atoms with Gasteiger partial charge in [0.15, 0.2) is 11.2 Å². The van der Waals surface area contributed by atoms with Gasteiger partial charge in [0.2, 0.25) is 0 Å². The van der Waals surface area contributed by atoms with Crippen LogP contribution in [0, 0.1) is 25.2 Å². The molecule has 1 aromatic heterocycles. The molecule has 0 saturated carbocycles. The summed E-state index contributed by atoms with van der Waals surface area (Å²) in [5.41, 5.74) is 6.57. The Kier molecular flexibility index (Phi) is 3.89. The molecule has 0 spiro atoms. The van der Waals surface area contributed by atoms with E-state index < -0.39 is 0 Å². The lowest BCUT2D eigenvalue weighted by Crippen LogP contribution is -2.03. The molecule has 0 bridgehead atoms. The number of halogens is 1. The van der Waals surface area contributed by atoms with Gasteiger partial charge < -0.3 is 4.42 Å². The van der Waals surface area contributed by atoms with E-state index in [0.29, 0.717) is 11.1 Å². The van der Waals surface area contributed by atoms with E-state index in [1.165, 1.54) is 11.1 Å². The van der Waals surface area contributed by atoms with Gasteiger partial charge in [0.05, 0.1) is 39.8 Å². The molecule has 0 unspecified atom stereocenters. The maximum atomic E-state index is 9.36. The molecule has 4 aromatic rings. The lowest BCUT2D eigenvalue weighted by Gasteiger charge is -2.19. The number of anilines is 2. The zero-order valence-corrected chi connectivity index (χ0v) is 16.0. The van der Waals surface area contributed by atoms with Crippen molar-refractivity contribution in [3.63, 3.8) is 0 Å². The van der Waals surface area contributed by atoms with Gasteiger partial charge in [-0.05, 0) is 37.6 Å². The molecule has 4 rings (SSSR count). The molecule has 0 aliphatic rings. The van der Waals surface area contributed by atoms with Crippen LogP contribution in [0.1, 0.15) is 16.7 Å². The Hall–Kier alpha value is -2.52. The normalized spacial score (nSPS) is 11.0. The van der Waals surface area contributed by atoms with Crippen molar-refractivity contribution in [3.8, 4) is 6.07 Å². The van der Waals surface area contributed by atoms with Gasteiger partial charge >= 0.3 is 0 Å². The highest BCUT2D eigenvalue weighted by Crippen LogP contribution is 2.41. The SMILES string of the molecule is Cc1ccc(N(I)c2cccc3c2oc2c(C#N)cccc23)c(C)c1. The average molecular weight is 438 g/mol. The van der Waals surface area contributed by atoms with Gasteiger partial charge in [-0.15, -0.1) is 0 Å². The Labute approximate surface area is 160 Å². The fourth-order valence-corrected chi connectivity index (χ4v) is 4.12. The van der Waals surface area contributed by atoms with Gasteiger partial charge in [-0.25, -0.2) is 0 Å². The molecule has 122 valence electrons. The van der Waals surface area contributed by atoms with Crippen LogP contribution in [-0.2, 0) is 0 Å². The summed E-state index contributed by atoms with van der Waals surface area (Å²) in [7, 11) is 0. The zero-order valence-electron chi connectivity index (χ0n) is 13.9. The van der Waals surface area contributed by atoms with Gasteiger partial charge in [0, 0.05) is 10.8 Å². The first kappa shape index (κ1) is 16.0. The number of para-hydroxylation sites is 2. The van der Waals surface area contributed by atoms with E-state index in [0.717, 1.165) is 27.7 Å². The highest BCUT2D eigenvalue weighted by Gasteiger charge is 2.18. The van der Waals surface area contributed by atoms with Gasteiger partial charge in [-0.1, -0.05) is 42.0 Å². The van der Waals surface area contributed by atoms with E-state index in [1.807, 2.05) is 30.3 Å². The number of hydrogen-bond donors (Lipinski definition) is 0. The molecule has 1 heterocycles. The maximum absolute atomic E-state index is 9.36. The van der Waals surface area contributed by atoms with Crippen molar-refractivity contribution in [2.45, 2.75) is 13.8 Å². The lowest BCUT2D eigenvalue weighted by atomic mass is 10.1. The van der Waals surface area contributed by atoms with Crippen LogP contribution in [-0.4, -0.2) is 0 Å². The monoisotopic (exact) mass is 438 g/mol. The second kappa shape index (κ2) is 6.08. The summed E-state index contributed by atoms with van der Waals surface area (Å²) in [5.74, 6) is 0. The highest BCUT2D eigenvalue weighted by molar-refractivity contribution is 14.1.